The monoisotopic (exact) mass is 484 g/mol. The lowest BCUT2D eigenvalue weighted by molar-refractivity contribution is -0.120. The molecule has 1 amide bonds. The van der Waals surface area contributed by atoms with Crippen molar-refractivity contribution < 1.29 is 18.7 Å². The van der Waals surface area contributed by atoms with Crippen molar-refractivity contribution in [3.8, 4) is 6.07 Å². The number of fused-ring (bicyclic) bond motifs is 1. The van der Waals surface area contributed by atoms with Crippen LogP contribution in [0.25, 0.3) is 0 Å². The zero-order valence-corrected chi connectivity index (χ0v) is 20.7. The second kappa shape index (κ2) is 11.1. The molecule has 188 valence electrons. The lowest BCUT2D eigenvalue weighted by Gasteiger charge is -2.37. The molecule has 0 saturated carbocycles. The van der Waals surface area contributed by atoms with Crippen molar-refractivity contribution >= 4 is 11.6 Å². The van der Waals surface area contributed by atoms with Gasteiger partial charge in [0.05, 0.1) is 18.2 Å². The molecular weight excluding hydrogens is 450 g/mol. The Labute approximate surface area is 205 Å². The molecule has 0 spiro atoms. The Hall–Kier alpha value is -3.02. The van der Waals surface area contributed by atoms with Crippen molar-refractivity contribution in [3.63, 3.8) is 0 Å². The maximum atomic E-state index is 13.7. The molecule has 3 atom stereocenters. The molecule has 0 aromatic heterocycles. The first-order valence-electron chi connectivity index (χ1n) is 11.9. The number of aliphatic hydroxyl groups is 1. The van der Waals surface area contributed by atoms with Gasteiger partial charge >= 0.3 is 0 Å². The molecule has 1 aliphatic heterocycles. The number of hydrogen-bond acceptors (Lipinski definition) is 5. The zero-order valence-electron chi connectivity index (χ0n) is 20.7. The molecule has 2 aromatic carbocycles. The molecule has 1 aliphatic rings. The van der Waals surface area contributed by atoms with E-state index in [-0.39, 0.29) is 30.3 Å². The predicted octanol–water partition coefficient (Wildman–Crippen LogP) is 3.73. The highest BCUT2D eigenvalue weighted by atomic mass is 19.1. The van der Waals surface area contributed by atoms with E-state index >= 15 is 0 Å². The summed E-state index contributed by atoms with van der Waals surface area (Å²) in [6, 6.07) is 10.9. The molecule has 3 rings (SSSR count). The molecule has 0 fully saturated rings. The number of nitrogens with zero attached hydrogens (tertiary/aromatic N) is 2. The molecule has 0 aliphatic carbocycles. The lowest BCUT2D eigenvalue weighted by atomic mass is 9.83. The van der Waals surface area contributed by atoms with Gasteiger partial charge in [-0.15, -0.1) is 0 Å². The summed E-state index contributed by atoms with van der Waals surface area (Å²) in [6.45, 7) is 8.93. The maximum absolute atomic E-state index is 13.7. The molecule has 6 nitrogen and oxygen atoms in total. The van der Waals surface area contributed by atoms with Crippen LogP contribution in [-0.4, -0.2) is 42.8 Å². The summed E-state index contributed by atoms with van der Waals surface area (Å²) < 4.78 is 27.3. The largest absolute Gasteiger partial charge is 0.390 e. The van der Waals surface area contributed by atoms with Crippen molar-refractivity contribution in [1.29, 1.82) is 5.26 Å². The van der Waals surface area contributed by atoms with Crippen LogP contribution in [0, 0.1) is 23.0 Å². The van der Waals surface area contributed by atoms with Gasteiger partial charge in [-0.2, -0.15) is 5.26 Å². The van der Waals surface area contributed by atoms with E-state index in [1.54, 1.807) is 0 Å². The molecule has 3 N–H and O–H groups in total. The van der Waals surface area contributed by atoms with E-state index < -0.39 is 23.8 Å². The summed E-state index contributed by atoms with van der Waals surface area (Å²) >= 11 is 0. The number of rotatable bonds is 8. The molecule has 35 heavy (non-hydrogen) atoms. The van der Waals surface area contributed by atoms with Gasteiger partial charge < -0.3 is 20.6 Å². The molecule has 0 unspecified atom stereocenters. The van der Waals surface area contributed by atoms with E-state index in [0.29, 0.717) is 18.7 Å². The summed E-state index contributed by atoms with van der Waals surface area (Å²) in [5.41, 5.74) is 3.53. The second-order valence-electron chi connectivity index (χ2n) is 10.2. The molecule has 8 heteroatoms. The molecule has 0 radical (unpaired) electrons. The molecule has 1 heterocycles. The standard InChI is InChI=1S/C27H34F2N4O2/c1-17(34)32-24(13-18-11-20(28)15-21(29)12-18)26(35)16-31-23-7-9-33(10-8-30)25-6-5-19(14-22(23)25)27(2,3)4/h5-6,11-12,14-15,23-24,26,31,35H,7,9-10,13,16H2,1-4H3,(H,32,34)/t23-,24-,26+/m0/s1. The first-order chi connectivity index (χ1) is 16.5. The van der Waals surface area contributed by atoms with Crippen LogP contribution >= 0.6 is 0 Å². The topological polar surface area (TPSA) is 88.4 Å². The minimum Gasteiger partial charge on any atom is -0.390 e. The van der Waals surface area contributed by atoms with Crippen molar-refractivity contribution in [2.75, 3.05) is 24.5 Å². The minimum absolute atomic E-state index is 0.0483. The summed E-state index contributed by atoms with van der Waals surface area (Å²) in [6.07, 6.45) is -0.159. The molecule has 0 bridgehead atoms. The van der Waals surface area contributed by atoms with E-state index in [1.807, 2.05) is 0 Å². The Bertz CT molecular complexity index is 1070. The zero-order chi connectivity index (χ0) is 25.8. The number of nitrogens with one attached hydrogen (secondary N) is 2. The number of aliphatic hydroxyl groups excluding tert-OH is 1. The number of benzene rings is 2. The van der Waals surface area contributed by atoms with Gasteiger partial charge in [-0.3, -0.25) is 4.79 Å². The van der Waals surface area contributed by atoms with Crippen molar-refractivity contribution in [2.24, 2.45) is 0 Å². The van der Waals surface area contributed by atoms with E-state index in [4.69, 9.17) is 0 Å². The Morgan fingerprint density at radius 3 is 2.51 bits per heavy atom. The Balaban J connectivity index is 1.79. The fourth-order valence-electron chi connectivity index (χ4n) is 4.54. The number of amides is 1. The first-order valence-corrected chi connectivity index (χ1v) is 11.9. The second-order valence-corrected chi connectivity index (χ2v) is 10.2. The molecular formula is C27H34F2N4O2. The Kier molecular flexibility index (Phi) is 8.47. The molecule has 2 aromatic rings. The average molecular weight is 485 g/mol. The number of anilines is 1. The maximum Gasteiger partial charge on any atom is 0.217 e. The summed E-state index contributed by atoms with van der Waals surface area (Å²) in [5, 5.41) is 26.3. The Morgan fingerprint density at radius 2 is 1.91 bits per heavy atom. The quantitative estimate of drug-likeness (QED) is 0.497. The number of halogens is 2. The van der Waals surface area contributed by atoms with Crippen LogP contribution in [0.4, 0.5) is 14.5 Å². The number of hydrogen-bond donors (Lipinski definition) is 3. The van der Waals surface area contributed by atoms with E-state index in [0.717, 1.165) is 23.7 Å². The highest BCUT2D eigenvalue weighted by Crippen LogP contribution is 2.37. The fraction of sp³-hybridized carbons (Fsp3) is 0.481. The minimum atomic E-state index is -0.989. The third-order valence-electron chi connectivity index (χ3n) is 6.36. The van der Waals surface area contributed by atoms with Crippen LogP contribution in [0.1, 0.15) is 56.8 Å². The highest BCUT2D eigenvalue weighted by molar-refractivity contribution is 5.73. The number of nitriles is 1. The van der Waals surface area contributed by atoms with Gasteiger partial charge in [0.2, 0.25) is 5.91 Å². The number of carbonyl (C=O) groups excluding carboxylic acids is 1. The predicted molar refractivity (Wildman–Crippen MR) is 132 cm³/mol. The van der Waals surface area contributed by atoms with Gasteiger partial charge in [0.1, 0.15) is 18.2 Å². The van der Waals surface area contributed by atoms with Crippen LogP contribution < -0.4 is 15.5 Å². The summed E-state index contributed by atoms with van der Waals surface area (Å²) in [7, 11) is 0. The third-order valence-corrected chi connectivity index (χ3v) is 6.36. The first kappa shape index (κ1) is 26.6. The Morgan fingerprint density at radius 1 is 1.23 bits per heavy atom. The van der Waals surface area contributed by atoms with Crippen LogP contribution in [0.3, 0.4) is 0 Å². The van der Waals surface area contributed by atoms with Gasteiger partial charge in [-0.05, 0) is 53.1 Å². The summed E-state index contributed by atoms with van der Waals surface area (Å²) in [5.74, 6) is -1.75. The smallest absolute Gasteiger partial charge is 0.217 e. The van der Waals surface area contributed by atoms with Crippen LogP contribution in [0.2, 0.25) is 0 Å². The van der Waals surface area contributed by atoms with Crippen molar-refractivity contribution in [2.45, 2.75) is 64.1 Å². The van der Waals surface area contributed by atoms with Crippen molar-refractivity contribution in [1.82, 2.24) is 10.6 Å². The lowest BCUT2D eigenvalue weighted by Crippen LogP contribution is -2.49. The highest BCUT2D eigenvalue weighted by Gasteiger charge is 2.29. The van der Waals surface area contributed by atoms with Gasteiger partial charge in [0.25, 0.3) is 0 Å². The van der Waals surface area contributed by atoms with Crippen LogP contribution in [-0.2, 0) is 16.6 Å². The van der Waals surface area contributed by atoms with Gasteiger partial charge in [-0.1, -0.05) is 32.9 Å². The van der Waals surface area contributed by atoms with Crippen molar-refractivity contribution in [3.05, 3.63) is 64.7 Å². The normalized spacial score (nSPS) is 17.3. The van der Waals surface area contributed by atoms with E-state index in [9.17, 15) is 23.9 Å². The summed E-state index contributed by atoms with van der Waals surface area (Å²) in [4.78, 5) is 13.8. The van der Waals surface area contributed by atoms with Gasteiger partial charge in [0.15, 0.2) is 0 Å². The van der Waals surface area contributed by atoms with Crippen LogP contribution in [0.5, 0.6) is 0 Å². The fourth-order valence-corrected chi connectivity index (χ4v) is 4.54. The number of carbonyl (C=O) groups is 1. The third kappa shape index (κ3) is 7.00. The SMILES string of the molecule is CC(=O)N[C@@H](Cc1cc(F)cc(F)c1)[C@H](O)CN[C@H]1CCN(CC#N)c2ccc(C(C)(C)C)cc21. The van der Waals surface area contributed by atoms with Crippen LogP contribution in [0.15, 0.2) is 36.4 Å². The van der Waals surface area contributed by atoms with Gasteiger partial charge in [0, 0.05) is 37.8 Å². The van der Waals surface area contributed by atoms with E-state index in [2.05, 4.69) is 60.6 Å². The van der Waals surface area contributed by atoms with E-state index in [1.165, 1.54) is 24.6 Å². The average Bonchev–Trinajstić information content (AvgIpc) is 2.76. The molecule has 0 saturated heterocycles. The van der Waals surface area contributed by atoms with Gasteiger partial charge in [-0.25, -0.2) is 8.78 Å².